The van der Waals surface area contributed by atoms with Crippen LogP contribution in [0.25, 0.3) is 0 Å². The zero-order chi connectivity index (χ0) is 18.0. The number of cyclic esters (lactones) is 1. The molecule has 1 aliphatic rings. The van der Waals surface area contributed by atoms with E-state index in [1.165, 1.54) is 11.8 Å². The van der Waals surface area contributed by atoms with Gasteiger partial charge in [0.05, 0.1) is 12.0 Å². The van der Waals surface area contributed by atoms with Gasteiger partial charge in [-0.25, -0.2) is 4.79 Å². The zero-order valence-corrected chi connectivity index (χ0v) is 14.0. The Hall–Kier alpha value is -3.15. The summed E-state index contributed by atoms with van der Waals surface area (Å²) < 4.78 is 5.27. The first kappa shape index (κ1) is 16.7. The lowest BCUT2D eigenvalue weighted by atomic mass is 10.0. The van der Waals surface area contributed by atoms with Gasteiger partial charge in [0.1, 0.15) is 6.10 Å². The van der Waals surface area contributed by atoms with Crippen LogP contribution in [-0.2, 0) is 14.3 Å². The van der Waals surface area contributed by atoms with Crippen molar-refractivity contribution in [2.75, 3.05) is 17.3 Å². The average molecular weight is 338 g/mol. The first-order valence-corrected chi connectivity index (χ1v) is 7.90. The monoisotopic (exact) mass is 338 g/mol. The van der Waals surface area contributed by atoms with Crippen LogP contribution in [0.1, 0.15) is 35.4 Å². The van der Waals surface area contributed by atoms with Crippen LogP contribution in [0.2, 0.25) is 0 Å². The molecule has 2 aromatic carbocycles. The number of nitrogens with one attached hydrogen (secondary N) is 1. The molecular weight excluding hydrogens is 320 g/mol. The predicted molar refractivity (Wildman–Crippen MR) is 93.4 cm³/mol. The maximum absolute atomic E-state index is 12.2. The largest absolute Gasteiger partial charge is 0.453 e. The molecule has 3 rings (SSSR count). The van der Waals surface area contributed by atoms with Gasteiger partial charge in [0.2, 0.25) is 11.8 Å². The highest BCUT2D eigenvalue weighted by atomic mass is 16.5. The Labute approximate surface area is 145 Å². The molecule has 6 heteroatoms. The number of rotatable bonds is 4. The lowest BCUT2D eigenvalue weighted by molar-refractivity contribution is -0.118. The molecule has 1 heterocycles. The van der Waals surface area contributed by atoms with Crippen molar-refractivity contribution in [3.8, 4) is 0 Å². The number of nitrogens with zero attached hydrogens (tertiary/aromatic N) is 1. The minimum atomic E-state index is -0.563. The van der Waals surface area contributed by atoms with E-state index < -0.39 is 12.1 Å². The number of carbonyl (C=O) groups excluding carboxylic acids is 3. The molecule has 0 unspecified atom stereocenters. The number of benzene rings is 2. The van der Waals surface area contributed by atoms with Crippen LogP contribution in [0.5, 0.6) is 0 Å². The molecule has 0 fully saturated rings. The second-order valence-corrected chi connectivity index (χ2v) is 5.86. The number of carbonyl (C=O) groups is 3. The molecule has 0 spiro atoms. The highest BCUT2D eigenvalue weighted by Crippen LogP contribution is 2.33. The summed E-state index contributed by atoms with van der Waals surface area (Å²) in [4.78, 5) is 36.9. The number of anilines is 2. The van der Waals surface area contributed by atoms with Crippen LogP contribution in [0.15, 0.2) is 48.5 Å². The van der Waals surface area contributed by atoms with Gasteiger partial charge < -0.3 is 15.0 Å². The molecule has 0 saturated carbocycles. The summed E-state index contributed by atoms with van der Waals surface area (Å²) in [7, 11) is 1.68. The SMILES string of the molecule is CC(=O)N(C)c1ccc(NC(=O)C[C@H]2OC(=O)c3ccccc32)cc1. The molecule has 0 saturated heterocycles. The van der Waals surface area contributed by atoms with E-state index in [1.54, 1.807) is 49.5 Å². The Morgan fingerprint density at radius 2 is 1.80 bits per heavy atom. The maximum atomic E-state index is 12.2. The molecule has 6 nitrogen and oxygen atoms in total. The fraction of sp³-hybridized carbons (Fsp3) is 0.211. The van der Waals surface area contributed by atoms with E-state index in [0.717, 1.165) is 11.3 Å². The molecule has 2 amide bonds. The summed E-state index contributed by atoms with van der Waals surface area (Å²) in [5.41, 5.74) is 2.60. The summed E-state index contributed by atoms with van der Waals surface area (Å²) >= 11 is 0. The number of hydrogen-bond acceptors (Lipinski definition) is 4. The Balaban J connectivity index is 1.64. The molecule has 1 aliphatic heterocycles. The molecule has 0 aliphatic carbocycles. The Morgan fingerprint density at radius 3 is 2.48 bits per heavy atom. The van der Waals surface area contributed by atoms with E-state index >= 15 is 0 Å². The van der Waals surface area contributed by atoms with Gasteiger partial charge in [0.25, 0.3) is 0 Å². The normalized spacial score (nSPS) is 15.3. The standard InChI is InChI=1S/C19H18N2O4/c1-12(22)21(2)14-9-7-13(8-10-14)20-18(23)11-17-15-5-3-4-6-16(15)19(24)25-17/h3-10,17H,11H2,1-2H3,(H,20,23)/t17-/m1/s1. The Bertz CT molecular complexity index is 830. The van der Waals surface area contributed by atoms with E-state index in [4.69, 9.17) is 4.74 Å². The van der Waals surface area contributed by atoms with Crippen LogP contribution in [-0.4, -0.2) is 24.8 Å². The number of esters is 1. The fourth-order valence-corrected chi connectivity index (χ4v) is 2.70. The van der Waals surface area contributed by atoms with Crippen molar-refractivity contribution in [3.63, 3.8) is 0 Å². The zero-order valence-electron chi connectivity index (χ0n) is 14.0. The van der Waals surface area contributed by atoms with Crippen LogP contribution >= 0.6 is 0 Å². The number of hydrogen-bond donors (Lipinski definition) is 1. The van der Waals surface area contributed by atoms with Gasteiger partial charge in [-0.2, -0.15) is 0 Å². The van der Waals surface area contributed by atoms with E-state index in [9.17, 15) is 14.4 Å². The molecule has 0 bridgehead atoms. The van der Waals surface area contributed by atoms with Gasteiger partial charge in [-0.05, 0) is 30.3 Å². The highest BCUT2D eigenvalue weighted by molar-refractivity contribution is 5.96. The summed E-state index contributed by atoms with van der Waals surface area (Å²) in [5, 5.41) is 2.78. The topological polar surface area (TPSA) is 75.7 Å². The molecule has 0 aromatic heterocycles. The lowest BCUT2D eigenvalue weighted by Gasteiger charge is -2.15. The van der Waals surface area contributed by atoms with Gasteiger partial charge in [0, 0.05) is 30.9 Å². The predicted octanol–water partition coefficient (Wildman–Crippen LogP) is 2.91. The fourth-order valence-electron chi connectivity index (χ4n) is 2.70. The van der Waals surface area contributed by atoms with Crippen molar-refractivity contribution in [2.45, 2.75) is 19.4 Å². The second-order valence-electron chi connectivity index (χ2n) is 5.86. The smallest absolute Gasteiger partial charge is 0.339 e. The summed E-state index contributed by atoms with van der Waals surface area (Å²) in [6.45, 7) is 1.48. The highest BCUT2D eigenvalue weighted by Gasteiger charge is 2.31. The minimum Gasteiger partial charge on any atom is -0.453 e. The van der Waals surface area contributed by atoms with E-state index in [-0.39, 0.29) is 18.2 Å². The summed E-state index contributed by atoms with van der Waals surface area (Å²) in [5.74, 6) is -0.717. The molecule has 1 N–H and O–H groups in total. The van der Waals surface area contributed by atoms with Gasteiger partial charge in [0.15, 0.2) is 0 Å². The van der Waals surface area contributed by atoms with E-state index in [1.807, 2.05) is 6.07 Å². The van der Waals surface area contributed by atoms with Crippen molar-refractivity contribution in [2.24, 2.45) is 0 Å². The van der Waals surface area contributed by atoms with E-state index in [0.29, 0.717) is 11.3 Å². The third kappa shape index (κ3) is 3.52. The number of fused-ring (bicyclic) bond motifs is 1. The quantitative estimate of drug-likeness (QED) is 0.870. The first-order chi connectivity index (χ1) is 12.0. The summed E-state index contributed by atoms with van der Waals surface area (Å²) in [6.07, 6.45) is -0.510. The van der Waals surface area contributed by atoms with Crippen LogP contribution < -0.4 is 10.2 Å². The van der Waals surface area contributed by atoms with Crippen molar-refractivity contribution >= 4 is 29.2 Å². The number of amides is 2. The first-order valence-electron chi connectivity index (χ1n) is 7.90. The molecule has 0 radical (unpaired) electrons. The minimum absolute atomic E-state index is 0.0534. The van der Waals surface area contributed by atoms with Gasteiger partial charge in [-0.1, -0.05) is 18.2 Å². The van der Waals surface area contributed by atoms with Crippen molar-refractivity contribution in [1.29, 1.82) is 0 Å². The Morgan fingerprint density at radius 1 is 1.12 bits per heavy atom. The van der Waals surface area contributed by atoms with Gasteiger partial charge in [-0.15, -0.1) is 0 Å². The van der Waals surface area contributed by atoms with Crippen LogP contribution in [0, 0.1) is 0 Å². The second kappa shape index (κ2) is 6.76. The third-order valence-corrected chi connectivity index (χ3v) is 4.16. The van der Waals surface area contributed by atoms with Crippen molar-refractivity contribution in [3.05, 3.63) is 59.7 Å². The third-order valence-electron chi connectivity index (χ3n) is 4.16. The van der Waals surface area contributed by atoms with Gasteiger partial charge in [-0.3, -0.25) is 9.59 Å². The van der Waals surface area contributed by atoms with Gasteiger partial charge >= 0.3 is 5.97 Å². The van der Waals surface area contributed by atoms with Crippen LogP contribution in [0.4, 0.5) is 11.4 Å². The van der Waals surface area contributed by atoms with Crippen molar-refractivity contribution < 1.29 is 19.1 Å². The number of ether oxygens (including phenoxy) is 1. The molecule has 1 atom stereocenters. The maximum Gasteiger partial charge on any atom is 0.339 e. The molecule has 25 heavy (non-hydrogen) atoms. The van der Waals surface area contributed by atoms with Crippen molar-refractivity contribution in [1.82, 2.24) is 0 Å². The molecule has 2 aromatic rings. The van der Waals surface area contributed by atoms with E-state index in [2.05, 4.69) is 5.32 Å². The lowest BCUT2D eigenvalue weighted by Crippen LogP contribution is -2.22. The van der Waals surface area contributed by atoms with Crippen LogP contribution in [0.3, 0.4) is 0 Å². The molecule has 128 valence electrons. The summed E-state index contributed by atoms with van der Waals surface area (Å²) in [6, 6.07) is 14.0. The molecular formula is C19H18N2O4. The average Bonchev–Trinajstić information content (AvgIpc) is 2.91. The Kier molecular flexibility index (Phi) is 4.52.